The van der Waals surface area contributed by atoms with Gasteiger partial charge >= 0.3 is 0 Å². The van der Waals surface area contributed by atoms with E-state index < -0.39 is 0 Å². The molecule has 0 spiro atoms. The molecule has 2 N–H and O–H groups in total. The first kappa shape index (κ1) is 16.5. The zero-order valence-electron chi connectivity index (χ0n) is 13.5. The number of nitrogens with one attached hydrogen (secondary N) is 2. The van der Waals surface area contributed by atoms with Gasteiger partial charge < -0.3 is 10.3 Å². The van der Waals surface area contributed by atoms with Gasteiger partial charge in [0.15, 0.2) is 5.16 Å². The lowest BCUT2D eigenvalue weighted by Crippen LogP contribution is -2.33. The predicted octanol–water partition coefficient (Wildman–Crippen LogP) is 3.19. The van der Waals surface area contributed by atoms with Crippen molar-refractivity contribution in [2.75, 3.05) is 6.54 Å². The van der Waals surface area contributed by atoms with E-state index >= 15 is 0 Å². The van der Waals surface area contributed by atoms with Crippen molar-refractivity contribution in [2.24, 2.45) is 0 Å². The number of rotatable bonds is 7. The molecule has 0 saturated carbocycles. The summed E-state index contributed by atoms with van der Waals surface area (Å²) in [4.78, 5) is 24.2. The topological polar surface area (TPSA) is 70.7 Å². The van der Waals surface area contributed by atoms with Crippen LogP contribution in [0, 0.1) is 0 Å². The summed E-state index contributed by atoms with van der Waals surface area (Å²) < 4.78 is 0. The molecule has 1 atom stereocenters. The van der Waals surface area contributed by atoms with Gasteiger partial charge in [0.25, 0.3) is 0 Å². The number of fused-ring (bicyclic) bond motifs is 1. The molecule has 3 aromatic rings. The normalized spacial score (nSPS) is 12.2. The fraction of sp³-hybridized carbons (Fsp3) is 0.278. The fourth-order valence-electron chi connectivity index (χ4n) is 2.43. The Morgan fingerprint density at radius 1 is 1.29 bits per heavy atom. The van der Waals surface area contributed by atoms with Crippen LogP contribution in [0.5, 0.6) is 0 Å². The van der Waals surface area contributed by atoms with E-state index in [1.54, 1.807) is 12.4 Å². The highest BCUT2D eigenvalue weighted by atomic mass is 32.2. The van der Waals surface area contributed by atoms with E-state index in [-0.39, 0.29) is 11.2 Å². The Labute approximate surface area is 145 Å². The Kier molecular flexibility index (Phi) is 5.48. The first-order chi connectivity index (χ1) is 11.8. The molecule has 0 saturated heterocycles. The number of imidazole rings is 1. The third kappa shape index (κ3) is 4.14. The van der Waals surface area contributed by atoms with E-state index in [9.17, 15) is 4.79 Å². The summed E-state index contributed by atoms with van der Waals surface area (Å²) >= 11 is 1.46. The van der Waals surface area contributed by atoms with Gasteiger partial charge in [-0.15, -0.1) is 0 Å². The molecule has 0 bridgehead atoms. The molecule has 1 aromatic carbocycles. The number of H-pyrrole nitrogens is 1. The van der Waals surface area contributed by atoms with Gasteiger partial charge in [-0.25, -0.2) is 4.98 Å². The van der Waals surface area contributed by atoms with Crippen LogP contribution in [0.1, 0.15) is 18.9 Å². The van der Waals surface area contributed by atoms with E-state index in [0.29, 0.717) is 6.54 Å². The number of hydrogen-bond acceptors (Lipinski definition) is 4. The number of aromatic amines is 1. The molecule has 0 aliphatic rings. The monoisotopic (exact) mass is 340 g/mol. The summed E-state index contributed by atoms with van der Waals surface area (Å²) in [6, 6.07) is 12.0. The number of carbonyl (C=O) groups is 1. The molecule has 2 aromatic heterocycles. The van der Waals surface area contributed by atoms with Crippen molar-refractivity contribution in [3.8, 4) is 0 Å². The fourth-order valence-corrected chi connectivity index (χ4v) is 3.38. The molecule has 0 fully saturated rings. The molecule has 3 rings (SSSR count). The van der Waals surface area contributed by atoms with E-state index in [4.69, 9.17) is 0 Å². The van der Waals surface area contributed by atoms with Gasteiger partial charge in [-0.1, -0.05) is 49.0 Å². The van der Waals surface area contributed by atoms with Crippen LogP contribution in [0.15, 0.2) is 53.9 Å². The quantitative estimate of drug-likeness (QED) is 0.648. The maximum Gasteiger partial charge on any atom is 0.233 e. The first-order valence-electron chi connectivity index (χ1n) is 8.04. The molecule has 0 radical (unpaired) electrons. The Bertz CT molecular complexity index is 770. The number of carbonyl (C=O) groups excluding carboxylic acids is 1. The summed E-state index contributed by atoms with van der Waals surface area (Å²) in [6.07, 6.45) is 5.04. The van der Waals surface area contributed by atoms with Gasteiger partial charge in [0, 0.05) is 12.7 Å². The van der Waals surface area contributed by atoms with E-state index in [1.807, 2.05) is 31.2 Å². The summed E-state index contributed by atoms with van der Waals surface area (Å²) in [5.41, 5.74) is 2.98. The number of benzene rings is 1. The number of pyridine rings is 1. The van der Waals surface area contributed by atoms with Crippen molar-refractivity contribution in [3.05, 3.63) is 54.4 Å². The molecule has 2 heterocycles. The third-order valence-corrected chi connectivity index (χ3v) is 4.98. The van der Waals surface area contributed by atoms with Crippen LogP contribution in [0.25, 0.3) is 11.0 Å². The molecule has 0 aliphatic carbocycles. The Morgan fingerprint density at radius 3 is 2.88 bits per heavy atom. The number of aromatic nitrogens is 3. The predicted molar refractivity (Wildman–Crippen MR) is 97.0 cm³/mol. The van der Waals surface area contributed by atoms with Crippen LogP contribution in [0.4, 0.5) is 0 Å². The first-order valence-corrected chi connectivity index (χ1v) is 8.92. The standard InChI is InChI=1S/C18H20N4OS/c1-2-16(17(23)20-11-8-13-6-4-3-5-7-13)24-18-21-14-9-10-19-12-15(14)22-18/h3-7,9-10,12,16H,2,8,11H2,1H3,(H,20,23)(H,21,22)/t16-/m0/s1. The second kappa shape index (κ2) is 7.97. The van der Waals surface area contributed by atoms with Crippen molar-refractivity contribution >= 4 is 28.7 Å². The molecule has 0 unspecified atom stereocenters. The van der Waals surface area contributed by atoms with Crippen LogP contribution in [-0.2, 0) is 11.2 Å². The van der Waals surface area contributed by atoms with Crippen molar-refractivity contribution in [1.82, 2.24) is 20.3 Å². The van der Waals surface area contributed by atoms with Crippen molar-refractivity contribution < 1.29 is 4.79 Å². The Morgan fingerprint density at radius 2 is 2.12 bits per heavy atom. The van der Waals surface area contributed by atoms with E-state index in [1.165, 1.54) is 17.3 Å². The Hall–Kier alpha value is -2.34. The lowest BCUT2D eigenvalue weighted by Gasteiger charge is -2.13. The van der Waals surface area contributed by atoms with E-state index in [0.717, 1.165) is 29.0 Å². The second-order valence-electron chi connectivity index (χ2n) is 5.48. The zero-order chi connectivity index (χ0) is 16.8. The molecule has 24 heavy (non-hydrogen) atoms. The highest BCUT2D eigenvalue weighted by Gasteiger charge is 2.19. The SMILES string of the molecule is CC[C@H](Sc1nc2ccncc2[nH]1)C(=O)NCCc1ccccc1. The Balaban J connectivity index is 1.55. The highest BCUT2D eigenvalue weighted by molar-refractivity contribution is 8.00. The number of hydrogen-bond donors (Lipinski definition) is 2. The van der Waals surface area contributed by atoms with Gasteiger partial charge in [0.05, 0.1) is 22.5 Å². The maximum absolute atomic E-state index is 12.4. The van der Waals surface area contributed by atoms with Crippen LogP contribution in [-0.4, -0.2) is 32.7 Å². The van der Waals surface area contributed by atoms with Gasteiger partial charge in [-0.05, 0) is 24.5 Å². The minimum absolute atomic E-state index is 0.0528. The number of nitrogens with zero attached hydrogens (tertiary/aromatic N) is 2. The van der Waals surface area contributed by atoms with Crippen molar-refractivity contribution in [2.45, 2.75) is 30.2 Å². The van der Waals surface area contributed by atoms with Crippen molar-refractivity contribution in [3.63, 3.8) is 0 Å². The van der Waals surface area contributed by atoms with E-state index in [2.05, 4.69) is 32.4 Å². The highest BCUT2D eigenvalue weighted by Crippen LogP contribution is 2.25. The summed E-state index contributed by atoms with van der Waals surface area (Å²) in [6.45, 7) is 2.66. The molecule has 6 heteroatoms. The lowest BCUT2D eigenvalue weighted by atomic mass is 10.1. The van der Waals surface area contributed by atoms with Crippen LogP contribution in [0.2, 0.25) is 0 Å². The second-order valence-corrected chi connectivity index (χ2v) is 6.67. The van der Waals surface area contributed by atoms with Gasteiger partial charge in [-0.2, -0.15) is 0 Å². The van der Waals surface area contributed by atoms with Crippen molar-refractivity contribution in [1.29, 1.82) is 0 Å². The average Bonchev–Trinajstić information content (AvgIpc) is 3.03. The lowest BCUT2D eigenvalue weighted by molar-refractivity contribution is -0.120. The summed E-state index contributed by atoms with van der Waals surface area (Å²) in [7, 11) is 0. The third-order valence-electron chi connectivity index (χ3n) is 3.73. The van der Waals surface area contributed by atoms with Crippen LogP contribution < -0.4 is 5.32 Å². The minimum atomic E-state index is -0.158. The largest absolute Gasteiger partial charge is 0.355 e. The summed E-state index contributed by atoms with van der Waals surface area (Å²) in [5.74, 6) is 0.0528. The molecule has 0 aliphatic heterocycles. The molecule has 1 amide bonds. The molecule has 5 nitrogen and oxygen atoms in total. The molecular formula is C18H20N4OS. The maximum atomic E-state index is 12.4. The zero-order valence-corrected chi connectivity index (χ0v) is 14.3. The van der Waals surface area contributed by atoms with Gasteiger partial charge in [0.2, 0.25) is 5.91 Å². The molecular weight excluding hydrogens is 320 g/mol. The average molecular weight is 340 g/mol. The smallest absolute Gasteiger partial charge is 0.233 e. The van der Waals surface area contributed by atoms with Crippen LogP contribution >= 0.6 is 11.8 Å². The molecule has 124 valence electrons. The number of amides is 1. The van der Waals surface area contributed by atoms with Crippen LogP contribution in [0.3, 0.4) is 0 Å². The summed E-state index contributed by atoms with van der Waals surface area (Å²) in [5, 5.41) is 3.62. The number of thioether (sulfide) groups is 1. The minimum Gasteiger partial charge on any atom is -0.355 e. The van der Waals surface area contributed by atoms with Gasteiger partial charge in [0.1, 0.15) is 0 Å². The van der Waals surface area contributed by atoms with Gasteiger partial charge in [-0.3, -0.25) is 9.78 Å².